The van der Waals surface area contributed by atoms with Crippen LogP contribution in [-0.2, 0) is 0 Å². The lowest BCUT2D eigenvalue weighted by Gasteiger charge is -2.14. The second kappa shape index (κ2) is 11.8. The predicted octanol–water partition coefficient (Wildman–Crippen LogP) is 13.1. The summed E-state index contributed by atoms with van der Waals surface area (Å²) in [4.78, 5) is 4.03. The van der Waals surface area contributed by atoms with E-state index in [0.29, 0.717) is 11.3 Å². The van der Waals surface area contributed by atoms with Gasteiger partial charge in [0, 0.05) is 38.0 Å². The Labute approximate surface area is 316 Å². The molecule has 5 heteroatoms. The van der Waals surface area contributed by atoms with Crippen molar-refractivity contribution in [1.29, 1.82) is 5.26 Å². The topological polar surface area (TPSA) is 42.9 Å². The molecule has 0 unspecified atom stereocenters. The number of nitriles is 1. The molecule has 0 amide bonds. The van der Waals surface area contributed by atoms with Gasteiger partial charge in [-0.05, 0) is 77.9 Å². The Kier molecular flexibility index (Phi) is 6.61. The first-order valence-electron chi connectivity index (χ1n) is 18.3. The number of rotatable bonds is 4. The summed E-state index contributed by atoms with van der Waals surface area (Å²) in [5.74, 6) is 0. The minimum Gasteiger partial charge on any atom is -0.319 e. The fraction of sp³-hybridized carbons (Fsp3) is 0. The van der Waals surface area contributed by atoms with E-state index >= 15 is 0 Å². The maximum absolute atomic E-state index is 10.6. The van der Waals surface area contributed by atoms with Crippen LogP contribution in [0, 0.1) is 17.9 Å². The second-order valence-electron chi connectivity index (χ2n) is 14.0. The lowest BCUT2D eigenvalue weighted by molar-refractivity contribution is 1.15. The van der Waals surface area contributed by atoms with E-state index in [1.807, 2.05) is 12.1 Å². The molecule has 3 aromatic heterocycles. The molecule has 0 spiro atoms. The number of hydrogen-bond acceptors (Lipinski definition) is 1. The van der Waals surface area contributed by atoms with Crippen LogP contribution < -0.4 is 0 Å². The summed E-state index contributed by atoms with van der Waals surface area (Å²) in [6, 6.07) is 63.5. The fourth-order valence-corrected chi connectivity index (χ4v) is 8.71. The molecule has 0 saturated carbocycles. The van der Waals surface area contributed by atoms with Gasteiger partial charge >= 0.3 is 0 Å². The monoisotopic (exact) mass is 699 g/mol. The van der Waals surface area contributed by atoms with Gasteiger partial charge in [-0.1, -0.05) is 109 Å². The van der Waals surface area contributed by atoms with Gasteiger partial charge < -0.3 is 13.7 Å². The fourth-order valence-electron chi connectivity index (χ4n) is 8.71. The van der Waals surface area contributed by atoms with Crippen LogP contribution in [0.25, 0.3) is 98.5 Å². The van der Waals surface area contributed by atoms with Crippen molar-refractivity contribution >= 4 is 71.1 Å². The largest absolute Gasteiger partial charge is 0.319 e. The van der Waals surface area contributed by atoms with Crippen molar-refractivity contribution in [3.63, 3.8) is 0 Å². The molecule has 11 aromatic rings. The van der Waals surface area contributed by atoms with Gasteiger partial charge in [-0.2, -0.15) is 5.26 Å². The molecule has 0 fully saturated rings. The molecule has 254 valence electrons. The van der Waals surface area contributed by atoms with Crippen LogP contribution in [-0.4, -0.2) is 13.7 Å². The van der Waals surface area contributed by atoms with Crippen LogP contribution in [0.15, 0.2) is 176 Å². The second-order valence-corrected chi connectivity index (χ2v) is 14.0. The molecule has 55 heavy (non-hydrogen) atoms. The minimum absolute atomic E-state index is 0.598. The van der Waals surface area contributed by atoms with Gasteiger partial charge in [0.1, 0.15) is 6.07 Å². The van der Waals surface area contributed by atoms with Crippen LogP contribution in [0.1, 0.15) is 5.56 Å². The number of nitrogens with zero attached hydrogens (tertiary/aromatic N) is 5. The summed E-state index contributed by atoms with van der Waals surface area (Å²) >= 11 is 0. The summed E-state index contributed by atoms with van der Waals surface area (Å²) in [5.41, 5.74) is 12.4. The Morgan fingerprint density at radius 3 is 1.33 bits per heavy atom. The first-order valence-corrected chi connectivity index (χ1v) is 18.3. The maximum Gasteiger partial charge on any atom is 0.211 e. The average Bonchev–Trinajstić information content (AvgIpc) is 3.88. The van der Waals surface area contributed by atoms with Crippen LogP contribution in [0.4, 0.5) is 5.69 Å². The van der Waals surface area contributed by atoms with Crippen LogP contribution >= 0.6 is 0 Å². The summed E-state index contributed by atoms with van der Waals surface area (Å²) in [6.45, 7) is 8.22. The summed E-state index contributed by atoms with van der Waals surface area (Å²) < 4.78 is 6.73. The molecule has 11 rings (SSSR count). The molecule has 0 bridgehead atoms. The van der Waals surface area contributed by atoms with Crippen LogP contribution in [0.2, 0.25) is 0 Å². The van der Waals surface area contributed by atoms with E-state index in [9.17, 15) is 5.26 Å². The molecule has 0 aliphatic heterocycles. The lowest BCUT2D eigenvalue weighted by atomic mass is 10.0. The minimum atomic E-state index is 0.598. The van der Waals surface area contributed by atoms with Crippen LogP contribution in [0.3, 0.4) is 0 Å². The first kappa shape index (κ1) is 30.7. The van der Waals surface area contributed by atoms with Crippen molar-refractivity contribution in [3.8, 4) is 34.3 Å². The van der Waals surface area contributed by atoms with E-state index < -0.39 is 0 Å². The van der Waals surface area contributed by atoms with E-state index in [1.165, 1.54) is 10.8 Å². The van der Waals surface area contributed by atoms with Crippen LogP contribution in [0.5, 0.6) is 0 Å². The Hall–Kier alpha value is -7.86. The number of benzene rings is 8. The zero-order chi connectivity index (χ0) is 36.6. The Balaban J connectivity index is 1.06. The van der Waals surface area contributed by atoms with Gasteiger partial charge in [0.05, 0.1) is 56.6 Å². The van der Waals surface area contributed by atoms with E-state index in [1.54, 1.807) is 0 Å². The molecule has 0 radical (unpaired) electrons. The SMILES string of the molecule is [C-]#[N+]c1cc(-c2ccc(-n3c4ccccc4c4cc(C#N)c(-n5c6ccccc6c6ccccc65)cc43)cc2)ccc1-n1c2ccccc2c2ccccc21. The highest BCUT2D eigenvalue weighted by atomic mass is 15.0. The van der Waals surface area contributed by atoms with Crippen molar-refractivity contribution in [2.75, 3.05) is 0 Å². The Morgan fingerprint density at radius 2 is 0.836 bits per heavy atom. The number of para-hydroxylation sites is 5. The summed E-state index contributed by atoms with van der Waals surface area (Å²) in [6.07, 6.45) is 0. The van der Waals surface area contributed by atoms with Gasteiger partial charge in [0.25, 0.3) is 0 Å². The zero-order valence-corrected chi connectivity index (χ0v) is 29.5. The third-order valence-corrected chi connectivity index (χ3v) is 11.1. The van der Waals surface area contributed by atoms with Crippen molar-refractivity contribution in [1.82, 2.24) is 13.7 Å². The summed E-state index contributed by atoms with van der Waals surface area (Å²) in [7, 11) is 0. The highest BCUT2D eigenvalue weighted by Gasteiger charge is 2.20. The molecular formula is C50H29N5. The highest BCUT2D eigenvalue weighted by molar-refractivity contribution is 6.13. The molecule has 0 aliphatic rings. The van der Waals surface area contributed by atoms with Gasteiger partial charge in [-0.3, -0.25) is 0 Å². The van der Waals surface area contributed by atoms with Crippen molar-refractivity contribution in [2.45, 2.75) is 0 Å². The smallest absolute Gasteiger partial charge is 0.211 e. The Bertz CT molecular complexity index is 3350. The van der Waals surface area contributed by atoms with E-state index in [0.717, 1.165) is 82.8 Å². The molecular weight excluding hydrogens is 671 g/mol. The standard InChI is InChI=1S/C50H29N5/c1-52-42-29-33(24-27-48(42)54-44-18-8-2-12-36(44)37-13-3-9-19-45(37)54)32-22-25-35(26-23-32)53-43-17-7-6-16-40(43)41-28-34(31-51)49(30-50(41)53)55-46-20-10-4-14-38(46)39-15-5-11-21-47(39)55/h2-30H. The lowest BCUT2D eigenvalue weighted by Crippen LogP contribution is -2.00. The predicted molar refractivity (Wildman–Crippen MR) is 226 cm³/mol. The van der Waals surface area contributed by atoms with Crippen molar-refractivity contribution in [2.24, 2.45) is 0 Å². The zero-order valence-electron chi connectivity index (χ0n) is 29.5. The van der Waals surface area contributed by atoms with Gasteiger partial charge in [0.2, 0.25) is 5.69 Å². The average molecular weight is 700 g/mol. The molecule has 3 heterocycles. The molecule has 0 aliphatic carbocycles. The van der Waals surface area contributed by atoms with E-state index in [-0.39, 0.29) is 0 Å². The number of fused-ring (bicyclic) bond motifs is 9. The molecule has 5 nitrogen and oxygen atoms in total. The van der Waals surface area contributed by atoms with E-state index in [4.69, 9.17) is 6.57 Å². The van der Waals surface area contributed by atoms with Gasteiger partial charge in [-0.25, -0.2) is 4.85 Å². The number of aromatic nitrogens is 3. The first-order chi connectivity index (χ1) is 27.2. The maximum atomic E-state index is 10.6. The number of hydrogen-bond donors (Lipinski definition) is 0. The molecule has 0 atom stereocenters. The Morgan fingerprint density at radius 1 is 0.400 bits per heavy atom. The molecule has 0 saturated heterocycles. The third kappa shape index (κ3) is 4.45. The van der Waals surface area contributed by atoms with E-state index in [2.05, 4.69) is 188 Å². The van der Waals surface area contributed by atoms with Gasteiger partial charge in [-0.15, -0.1) is 0 Å². The highest BCUT2D eigenvalue weighted by Crippen LogP contribution is 2.40. The summed E-state index contributed by atoms with van der Waals surface area (Å²) in [5, 5.41) is 17.3. The molecule has 8 aromatic carbocycles. The molecule has 0 N–H and O–H groups in total. The normalized spacial score (nSPS) is 11.6. The van der Waals surface area contributed by atoms with Gasteiger partial charge in [0.15, 0.2) is 0 Å². The van der Waals surface area contributed by atoms with Crippen molar-refractivity contribution in [3.05, 3.63) is 193 Å². The quantitative estimate of drug-likeness (QED) is 0.169. The third-order valence-electron chi connectivity index (χ3n) is 11.1. The van der Waals surface area contributed by atoms with Crippen molar-refractivity contribution < 1.29 is 0 Å².